The minimum absolute atomic E-state index is 0.0121. The van der Waals surface area contributed by atoms with E-state index in [0.29, 0.717) is 29.6 Å². The van der Waals surface area contributed by atoms with E-state index in [1.807, 2.05) is 24.0 Å². The number of anilines is 1. The Bertz CT molecular complexity index is 715. The number of carbonyl (C=O) groups excluding carboxylic acids is 1. The highest BCUT2D eigenvalue weighted by Gasteiger charge is 2.27. The van der Waals surface area contributed by atoms with Crippen LogP contribution in [0.25, 0.3) is 0 Å². The fourth-order valence-corrected chi connectivity index (χ4v) is 3.21. The van der Waals surface area contributed by atoms with Gasteiger partial charge >= 0.3 is 0 Å². The first-order valence-corrected chi connectivity index (χ1v) is 8.05. The predicted molar refractivity (Wildman–Crippen MR) is 89.5 cm³/mol. The van der Waals surface area contributed by atoms with Gasteiger partial charge in [-0.2, -0.15) is 10.1 Å². The van der Waals surface area contributed by atoms with Gasteiger partial charge in [0.25, 0.3) is 5.91 Å². The van der Waals surface area contributed by atoms with Crippen LogP contribution in [0.5, 0.6) is 0 Å². The summed E-state index contributed by atoms with van der Waals surface area (Å²) in [5, 5.41) is 4.85. The average Bonchev–Trinajstić information content (AvgIpc) is 2.86. The first-order valence-electron chi connectivity index (χ1n) is 7.67. The monoisotopic (exact) mass is 333 g/mol. The van der Waals surface area contributed by atoms with Gasteiger partial charge in [0, 0.05) is 26.1 Å². The van der Waals surface area contributed by atoms with E-state index in [4.69, 9.17) is 17.3 Å². The number of nitrogen functional groups attached to an aromatic ring is 1. The van der Waals surface area contributed by atoms with E-state index in [1.165, 1.54) is 0 Å². The lowest BCUT2D eigenvalue weighted by atomic mass is 9.95. The predicted octanol–water partition coefficient (Wildman–Crippen LogP) is 2.38. The molecule has 1 amide bonds. The summed E-state index contributed by atoms with van der Waals surface area (Å²) in [5.74, 6) is 1.42. The summed E-state index contributed by atoms with van der Waals surface area (Å²) < 4.78 is 1.58. The standard InChI is InChI=1S/C16H20ClN5O/c1-10-3-4-12(13(17)9-10)15(23)22-7-5-11(6-8-22)14-19-16(18)21(2)20-14/h3-4,9,11H,5-8H2,1-2H3,(H2,18,19,20). The highest BCUT2D eigenvalue weighted by atomic mass is 35.5. The number of benzene rings is 1. The Morgan fingerprint density at radius 1 is 1.35 bits per heavy atom. The quantitative estimate of drug-likeness (QED) is 0.915. The Balaban J connectivity index is 1.67. The SMILES string of the molecule is Cc1ccc(C(=O)N2CCC(c3nc(N)n(C)n3)CC2)c(Cl)c1. The van der Waals surface area contributed by atoms with Crippen molar-refractivity contribution in [2.45, 2.75) is 25.7 Å². The van der Waals surface area contributed by atoms with Crippen LogP contribution in [0.15, 0.2) is 18.2 Å². The third-order valence-corrected chi connectivity index (χ3v) is 4.63. The van der Waals surface area contributed by atoms with E-state index >= 15 is 0 Å². The second-order valence-corrected chi connectivity index (χ2v) is 6.41. The minimum atomic E-state index is -0.0121. The number of aromatic nitrogens is 3. The van der Waals surface area contributed by atoms with Gasteiger partial charge in [0.1, 0.15) is 0 Å². The molecule has 1 aliphatic rings. The number of halogens is 1. The summed E-state index contributed by atoms with van der Waals surface area (Å²) >= 11 is 6.20. The number of carbonyl (C=O) groups is 1. The molecule has 0 spiro atoms. The molecular formula is C16H20ClN5O. The lowest BCUT2D eigenvalue weighted by molar-refractivity contribution is 0.0711. The maximum Gasteiger partial charge on any atom is 0.255 e. The first-order chi connectivity index (χ1) is 11.0. The Labute approximate surface area is 140 Å². The highest BCUT2D eigenvalue weighted by Crippen LogP contribution is 2.28. The number of aryl methyl sites for hydroxylation is 2. The van der Waals surface area contributed by atoms with E-state index in [-0.39, 0.29) is 11.8 Å². The number of likely N-dealkylation sites (tertiary alicyclic amines) is 1. The van der Waals surface area contributed by atoms with Crippen molar-refractivity contribution in [1.29, 1.82) is 0 Å². The van der Waals surface area contributed by atoms with Crippen molar-refractivity contribution in [2.75, 3.05) is 18.8 Å². The molecule has 23 heavy (non-hydrogen) atoms. The average molecular weight is 334 g/mol. The molecule has 0 bridgehead atoms. The van der Waals surface area contributed by atoms with Gasteiger partial charge in [-0.05, 0) is 37.5 Å². The van der Waals surface area contributed by atoms with Gasteiger partial charge in [-0.25, -0.2) is 4.68 Å². The van der Waals surface area contributed by atoms with E-state index in [9.17, 15) is 4.79 Å². The smallest absolute Gasteiger partial charge is 0.255 e. The Morgan fingerprint density at radius 3 is 2.61 bits per heavy atom. The summed E-state index contributed by atoms with van der Waals surface area (Å²) in [6.07, 6.45) is 1.66. The number of nitrogens with two attached hydrogens (primary N) is 1. The third kappa shape index (κ3) is 3.17. The van der Waals surface area contributed by atoms with Crippen molar-refractivity contribution in [2.24, 2.45) is 7.05 Å². The summed E-state index contributed by atoms with van der Waals surface area (Å²) in [4.78, 5) is 18.8. The molecule has 0 unspecified atom stereocenters. The van der Waals surface area contributed by atoms with Crippen LogP contribution in [-0.2, 0) is 7.05 Å². The van der Waals surface area contributed by atoms with E-state index in [1.54, 1.807) is 17.8 Å². The first kappa shape index (κ1) is 15.8. The van der Waals surface area contributed by atoms with Crippen LogP contribution < -0.4 is 5.73 Å². The second-order valence-electron chi connectivity index (χ2n) is 6.00. The van der Waals surface area contributed by atoms with Crippen molar-refractivity contribution in [1.82, 2.24) is 19.7 Å². The van der Waals surface area contributed by atoms with Crippen molar-refractivity contribution in [3.63, 3.8) is 0 Å². The molecular weight excluding hydrogens is 314 g/mol. The molecule has 2 heterocycles. The summed E-state index contributed by atoms with van der Waals surface area (Å²) in [5.41, 5.74) is 7.35. The highest BCUT2D eigenvalue weighted by molar-refractivity contribution is 6.33. The third-order valence-electron chi connectivity index (χ3n) is 4.32. The Morgan fingerprint density at radius 2 is 2.04 bits per heavy atom. The molecule has 2 N–H and O–H groups in total. The lowest BCUT2D eigenvalue weighted by Crippen LogP contribution is -2.38. The molecule has 0 aliphatic carbocycles. The van der Waals surface area contributed by atoms with Gasteiger partial charge < -0.3 is 10.6 Å². The number of piperidine rings is 1. The molecule has 3 rings (SSSR count). The van der Waals surface area contributed by atoms with Crippen LogP contribution in [0.2, 0.25) is 5.02 Å². The largest absolute Gasteiger partial charge is 0.368 e. The van der Waals surface area contributed by atoms with Gasteiger partial charge in [-0.1, -0.05) is 17.7 Å². The maximum absolute atomic E-state index is 12.6. The zero-order chi connectivity index (χ0) is 16.6. The van der Waals surface area contributed by atoms with Gasteiger partial charge in [-0.15, -0.1) is 0 Å². The summed E-state index contributed by atoms with van der Waals surface area (Å²) in [6, 6.07) is 5.53. The minimum Gasteiger partial charge on any atom is -0.368 e. The molecule has 1 aromatic heterocycles. The van der Waals surface area contributed by atoms with Gasteiger partial charge in [0.05, 0.1) is 10.6 Å². The molecule has 7 heteroatoms. The molecule has 122 valence electrons. The topological polar surface area (TPSA) is 77.0 Å². The maximum atomic E-state index is 12.6. The molecule has 0 radical (unpaired) electrons. The van der Waals surface area contributed by atoms with Crippen molar-refractivity contribution >= 4 is 23.5 Å². The number of nitrogens with zero attached hydrogens (tertiary/aromatic N) is 4. The molecule has 1 aliphatic heterocycles. The van der Waals surface area contributed by atoms with Crippen molar-refractivity contribution in [3.05, 3.63) is 40.2 Å². The van der Waals surface area contributed by atoms with E-state index in [2.05, 4.69) is 10.1 Å². The molecule has 0 atom stereocenters. The molecule has 1 saturated heterocycles. The summed E-state index contributed by atoms with van der Waals surface area (Å²) in [7, 11) is 1.78. The molecule has 1 fully saturated rings. The normalized spacial score (nSPS) is 15.9. The number of rotatable bonds is 2. The van der Waals surface area contributed by atoms with E-state index < -0.39 is 0 Å². The Hall–Kier alpha value is -2.08. The van der Waals surface area contributed by atoms with Crippen LogP contribution in [0, 0.1) is 6.92 Å². The number of hydrogen-bond donors (Lipinski definition) is 1. The molecule has 6 nitrogen and oxygen atoms in total. The number of amides is 1. The molecule has 2 aromatic rings. The van der Waals surface area contributed by atoms with Gasteiger partial charge in [0.15, 0.2) is 5.82 Å². The van der Waals surface area contributed by atoms with Crippen LogP contribution in [0.3, 0.4) is 0 Å². The van der Waals surface area contributed by atoms with Gasteiger partial charge in [0.2, 0.25) is 5.95 Å². The zero-order valence-electron chi connectivity index (χ0n) is 13.3. The molecule has 0 saturated carbocycles. The zero-order valence-corrected chi connectivity index (χ0v) is 14.0. The Kier molecular flexibility index (Phi) is 4.26. The van der Waals surface area contributed by atoms with Crippen molar-refractivity contribution < 1.29 is 4.79 Å². The fraction of sp³-hybridized carbons (Fsp3) is 0.438. The second kappa shape index (κ2) is 6.20. The van der Waals surface area contributed by atoms with Crippen LogP contribution in [-0.4, -0.2) is 38.7 Å². The fourth-order valence-electron chi connectivity index (χ4n) is 2.89. The van der Waals surface area contributed by atoms with E-state index in [0.717, 1.165) is 24.2 Å². The number of hydrogen-bond acceptors (Lipinski definition) is 4. The van der Waals surface area contributed by atoms with Gasteiger partial charge in [-0.3, -0.25) is 4.79 Å². The van der Waals surface area contributed by atoms with Crippen LogP contribution >= 0.6 is 11.6 Å². The summed E-state index contributed by atoms with van der Waals surface area (Å²) in [6.45, 7) is 3.30. The molecule has 1 aromatic carbocycles. The van der Waals surface area contributed by atoms with Crippen LogP contribution in [0.4, 0.5) is 5.95 Å². The van der Waals surface area contributed by atoms with Crippen molar-refractivity contribution in [3.8, 4) is 0 Å². The van der Waals surface area contributed by atoms with Crippen LogP contribution in [0.1, 0.15) is 40.5 Å². The lowest BCUT2D eigenvalue weighted by Gasteiger charge is -2.31.